The molecule has 2 N–H and O–H groups in total. The van der Waals surface area contributed by atoms with Crippen LogP contribution in [0.5, 0.6) is 5.75 Å². The highest BCUT2D eigenvalue weighted by Gasteiger charge is 2.51. The van der Waals surface area contributed by atoms with Crippen molar-refractivity contribution in [2.45, 2.75) is 44.0 Å². The molecule has 1 aliphatic carbocycles. The minimum absolute atomic E-state index is 0.205. The molecule has 100 valence electrons. The summed E-state index contributed by atoms with van der Waals surface area (Å²) >= 11 is 0. The van der Waals surface area contributed by atoms with Gasteiger partial charge in [0.1, 0.15) is 5.75 Å². The van der Waals surface area contributed by atoms with Crippen molar-refractivity contribution in [3.63, 3.8) is 0 Å². The molecule has 0 unspecified atom stereocenters. The summed E-state index contributed by atoms with van der Waals surface area (Å²) in [5, 5.41) is 0. The van der Waals surface area contributed by atoms with Crippen molar-refractivity contribution < 1.29 is 17.9 Å². The van der Waals surface area contributed by atoms with E-state index >= 15 is 0 Å². The second-order valence-electron chi connectivity index (χ2n) is 5.35. The van der Waals surface area contributed by atoms with Gasteiger partial charge in [-0.05, 0) is 30.5 Å². The van der Waals surface area contributed by atoms with Gasteiger partial charge < -0.3 is 10.5 Å². The summed E-state index contributed by atoms with van der Waals surface area (Å²) in [5.41, 5.74) is 6.63. The monoisotopic (exact) mass is 259 g/mol. The molecule has 0 heterocycles. The van der Waals surface area contributed by atoms with E-state index in [1.54, 1.807) is 12.1 Å². The largest absolute Gasteiger partial charge is 0.573 e. The van der Waals surface area contributed by atoms with Crippen molar-refractivity contribution in [1.29, 1.82) is 0 Å². The Kier molecular flexibility index (Phi) is 2.85. The standard InChI is InChI=1S/C13H16F3NO/c1-11(2,12(17)7-8-12)9-3-5-10(6-4-9)18-13(14,15)16/h3-6H,7-8,17H2,1-2H3. The second-order valence-corrected chi connectivity index (χ2v) is 5.35. The molecular formula is C13H16F3NO. The van der Waals surface area contributed by atoms with E-state index < -0.39 is 6.36 Å². The lowest BCUT2D eigenvalue weighted by atomic mass is 9.76. The molecule has 0 spiro atoms. The fourth-order valence-electron chi connectivity index (χ4n) is 2.12. The molecular weight excluding hydrogens is 243 g/mol. The Labute approximate surface area is 104 Å². The quantitative estimate of drug-likeness (QED) is 0.903. The van der Waals surface area contributed by atoms with Gasteiger partial charge in [-0.15, -0.1) is 13.2 Å². The zero-order valence-electron chi connectivity index (χ0n) is 10.3. The normalized spacial score (nSPS) is 18.6. The second kappa shape index (κ2) is 3.88. The van der Waals surface area contributed by atoms with Crippen LogP contribution in [-0.4, -0.2) is 11.9 Å². The van der Waals surface area contributed by atoms with Gasteiger partial charge in [-0.2, -0.15) is 0 Å². The predicted molar refractivity (Wildman–Crippen MR) is 62.3 cm³/mol. The van der Waals surface area contributed by atoms with E-state index in [9.17, 15) is 13.2 Å². The Morgan fingerprint density at radius 3 is 2.00 bits per heavy atom. The number of alkyl halides is 3. The Bertz CT molecular complexity index is 433. The van der Waals surface area contributed by atoms with Crippen LogP contribution < -0.4 is 10.5 Å². The van der Waals surface area contributed by atoms with Crippen molar-refractivity contribution in [3.8, 4) is 5.75 Å². The number of halogens is 3. The molecule has 0 amide bonds. The van der Waals surface area contributed by atoms with E-state index in [1.807, 2.05) is 13.8 Å². The van der Waals surface area contributed by atoms with Crippen LogP contribution >= 0.6 is 0 Å². The number of hydrogen-bond acceptors (Lipinski definition) is 2. The highest BCUT2D eigenvalue weighted by molar-refractivity contribution is 5.36. The molecule has 1 aliphatic rings. The lowest BCUT2D eigenvalue weighted by Gasteiger charge is -2.32. The molecule has 0 atom stereocenters. The fraction of sp³-hybridized carbons (Fsp3) is 0.538. The van der Waals surface area contributed by atoms with Crippen molar-refractivity contribution in [2.75, 3.05) is 0 Å². The third-order valence-electron chi connectivity index (χ3n) is 3.84. The average Bonchev–Trinajstić information content (AvgIpc) is 2.96. The van der Waals surface area contributed by atoms with Crippen LogP contribution in [0.15, 0.2) is 24.3 Å². The molecule has 0 aromatic heterocycles. The first-order valence-corrected chi connectivity index (χ1v) is 5.79. The summed E-state index contributed by atoms with van der Waals surface area (Å²) in [5.74, 6) is -0.205. The van der Waals surface area contributed by atoms with Gasteiger partial charge in [0.05, 0.1) is 0 Å². The van der Waals surface area contributed by atoms with Gasteiger partial charge in [0.2, 0.25) is 0 Å². The molecule has 2 nitrogen and oxygen atoms in total. The van der Waals surface area contributed by atoms with E-state index in [4.69, 9.17) is 5.73 Å². The van der Waals surface area contributed by atoms with Crippen LogP contribution in [0.1, 0.15) is 32.3 Å². The van der Waals surface area contributed by atoms with E-state index in [0.29, 0.717) is 0 Å². The molecule has 0 saturated heterocycles. The molecule has 0 radical (unpaired) electrons. The van der Waals surface area contributed by atoms with Crippen LogP contribution in [0, 0.1) is 0 Å². The van der Waals surface area contributed by atoms with Gasteiger partial charge in [0.25, 0.3) is 0 Å². The van der Waals surface area contributed by atoms with Crippen LogP contribution in [0.2, 0.25) is 0 Å². The smallest absolute Gasteiger partial charge is 0.406 e. The topological polar surface area (TPSA) is 35.2 Å². The van der Waals surface area contributed by atoms with E-state index in [2.05, 4.69) is 4.74 Å². The summed E-state index contributed by atoms with van der Waals surface area (Å²) in [6.45, 7) is 4.03. The van der Waals surface area contributed by atoms with Gasteiger partial charge in [0.15, 0.2) is 0 Å². The molecule has 0 aliphatic heterocycles. The summed E-state index contributed by atoms with van der Waals surface area (Å²) in [4.78, 5) is 0. The van der Waals surface area contributed by atoms with E-state index in [0.717, 1.165) is 18.4 Å². The Balaban J connectivity index is 2.18. The Hall–Kier alpha value is -1.23. The van der Waals surface area contributed by atoms with Gasteiger partial charge in [-0.25, -0.2) is 0 Å². The number of ether oxygens (including phenoxy) is 1. The van der Waals surface area contributed by atoms with Crippen molar-refractivity contribution in [2.24, 2.45) is 5.73 Å². The molecule has 5 heteroatoms. The maximum atomic E-state index is 12.0. The minimum Gasteiger partial charge on any atom is -0.406 e. The fourth-order valence-corrected chi connectivity index (χ4v) is 2.12. The first-order valence-electron chi connectivity index (χ1n) is 5.79. The van der Waals surface area contributed by atoms with E-state index in [1.165, 1.54) is 12.1 Å². The first kappa shape index (κ1) is 13.2. The average molecular weight is 259 g/mol. The van der Waals surface area contributed by atoms with Gasteiger partial charge >= 0.3 is 6.36 Å². The van der Waals surface area contributed by atoms with Crippen LogP contribution in [-0.2, 0) is 5.41 Å². The number of nitrogens with two attached hydrogens (primary N) is 1. The van der Waals surface area contributed by atoms with Crippen molar-refractivity contribution in [3.05, 3.63) is 29.8 Å². The summed E-state index contributed by atoms with van der Waals surface area (Å²) < 4.78 is 39.9. The van der Waals surface area contributed by atoms with Crippen LogP contribution in [0.3, 0.4) is 0 Å². The lowest BCUT2D eigenvalue weighted by molar-refractivity contribution is -0.274. The lowest BCUT2D eigenvalue weighted by Crippen LogP contribution is -2.43. The molecule has 1 aromatic rings. The molecule has 1 saturated carbocycles. The van der Waals surface area contributed by atoms with Crippen LogP contribution in [0.25, 0.3) is 0 Å². The molecule has 1 aromatic carbocycles. The molecule has 2 rings (SSSR count). The Morgan fingerprint density at radius 2 is 1.61 bits per heavy atom. The minimum atomic E-state index is -4.65. The molecule has 0 bridgehead atoms. The summed E-state index contributed by atoms with van der Waals surface area (Å²) in [6, 6.07) is 5.95. The number of hydrogen-bond donors (Lipinski definition) is 1. The van der Waals surface area contributed by atoms with Crippen molar-refractivity contribution >= 4 is 0 Å². The summed E-state index contributed by atoms with van der Waals surface area (Å²) in [7, 11) is 0. The van der Waals surface area contributed by atoms with Gasteiger partial charge in [0, 0.05) is 11.0 Å². The maximum absolute atomic E-state index is 12.0. The zero-order chi connectivity index (χ0) is 13.6. The number of rotatable bonds is 3. The highest BCUT2D eigenvalue weighted by Crippen LogP contribution is 2.49. The third kappa shape index (κ3) is 2.46. The first-order chi connectivity index (χ1) is 8.14. The zero-order valence-corrected chi connectivity index (χ0v) is 10.3. The molecule has 1 fully saturated rings. The Morgan fingerprint density at radius 1 is 1.11 bits per heavy atom. The van der Waals surface area contributed by atoms with E-state index in [-0.39, 0.29) is 16.7 Å². The predicted octanol–water partition coefficient (Wildman–Crippen LogP) is 3.35. The van der Waals surface area contributed by atoms with Crippen molar-refractivity contribution in [1.82, 2.24) is 0 Å². The molecule has 18 heavy (non-hydrogen) atoms. The third-order valence-corrected chi connectivity index (χ3v) is 3.84. The highest BCUT2D eigenvalue weighted by atomic mass is 19.4. The van der Waals surface area contributed by atoms with Gasteiger partial charge in [-0.1, -0.05) is 26.0 Å². The maximum Gasteiger partial charge on any atom is 0.573 e. The van der Waals surface area contributed by atoms with Gasteiger partial charge in [-0.3, -0.25) is 0 Å². The summed E-state index contributed by atoms with van der Waals surface area (Å²) in [6.07, 6.45) is -2.76. The number of benzene rings is 1. The SMILES string of the molecule is CC(C)(c1ccc(OC(F)(F)F)cc1)C1(N)CC1. The van der Waals surface area contributed by atoms with Crippen LogP contribution in [0.4, 0.5) is 13.2 Å².